The van der Waals surface area contributed by atoms with Crippen LogP contribution in [-0.4, -0.2) is 27.0 Å². The van der Waals surface area contributed by atoms with Crippen molar-refractivity contribution in [3.8, 4) is 0 Å². The fraction of sp³-hybridized carbons (Fsp3) is 0.188. The van der Waals surface area contributed by atoms with Crippen molar-refractivity contribution in [3.63, 3.8) is 0 Å². The van der Waals surface area contributed by atoms with Crippen LogP contribution in [0.1, 0.15) is 16.3 Å². The number of amides is 2. The molecule has 1 aromatic carbocycles. The number of thiazole rings is 1. The van der Waals surface area contributed by atoms with Crippen molar-refractivity contribution in [3.05, 3.63) is 52.0 Å². The maximum absolute atomic E-state index is 12.0. The first kappa shape index (κ1) is 17.2. The van der Waals surface area contributed by atoms with Crippen molar-refractivity contribution in [2.45, 2.75) is 19.8 Å². The third kappa shape index (κ3) is 5.16. The number of nitrogens with one attached hydrogen (secondary N) is 2. The van der Waals surface area contributed by atoms with Gasteiger partial charge in [-0.25, -0.2) is 4.98 Å². The van der Waals surface area contributed by atoms with Gasteiger partial charge in [-0.3, -0.25) is 9.59 Å². The lowest BCUT2D eigenvalue weighted by Crippen LogP contribution is -2.15. The third-order valence-corrected chi connectivity index (χ3v) is 4.68. The molecular weight excluding hydrogens is 358 g/mol. The van der Waals surface area contributed by atoms with Crippen molar-refractivity contribution in [1.82, 2.24) is 15.2 Å². The zero-order valence-corrected chi connectivity index (χ0v) is 15.0. The Balaban J connectivity index is 1.51. The van der Waals surface area contributed by atoms with E-state index in [0.29, 0.717) is 16.0 Å². The molecule has 25 heavy (non-hydrogen) atoms. The SMILES string of the molecule is Cc1nnc(NC(=O)Cc2csc(NC(=O)Cc3ccccc3)n2)s1. The van der Waals surface area contributed by atoms with Gasteiger partial charge in [-0.1, -0.05) is 41.7 Å². The summed E-state index contributed by atoms with van der Waals surface area (Å²) in [4.78, 5) is 28.3. The molecule has 2 aromatic heterocycles. The average Bonchev–Trinajstić information content (AvgIpc) is 3.17. The van der Waals surface area contributed by atoms with Crippen LogP contribution in [-0.2, 0) is 22.4 Å². The maximum atomic E-state index is 12.0. The standard InChI is InChI=1S/C16H15N5O2S2/c1-10-20-21-16(25-10)19-14(23)8-12-9-24-15(17-12)18-13(22)7-11-5-3-2-4-6-11/h2-6,9H,7-8H2,1H3,(H,17,18,22)(H,19,21,23). The maximum Gasteiger partial charge on any atom is 0.232 e. The van der Waals surface area contributed by atoms with Crippen molar-refractivity contribution >= 4 is 44.8 Å². The van der Waals surface area contributed by atoms with Crippen molar-refractivity contribution < 1.29 is 9.59 Å². The molecule has 0 aliphatic heterocycles. The Kier molecular flexibility index (Phi) is 5.46. The molecule has 2 amide bonds. The Morgan fingerprint density at radius 1 is 1.00 bits per heavy atom. The van der Waals surface area contributed by atoms with E-state index in [2.05, 4.69) is 25.8 Å². The molecule has 0 bridgehead atoms. The highest BCUT2D eigenvalue weighted by Crippen LogP contribution is 2.18. The first-order chi connectivity index (χ1) is 12.1. The van der Waals surface area contributed by atoms with E-state index in [1.807, 2.05) is 37.3 Å². The molecule has 9 heteroatoms. The van der Waals surface area contributed by atoms with Crippen LogP contribution >= 0.6 is 22.7 Å². The van der Waals surface area contributed by atoms with E-state index in [9.17, 15) is 9.59 Å². The summed E-state index contributed by atoms with van der Waals surface area (Å²) in [7, 11) is 0. The number of carbonyl (C=O) groups excluding carboxylic acids is 2. The van der Waals surface area contributed by atoms with Crippen LogP contribution in [0.5, 0.6) is 0 Å². The lowest BCUT2D eigenvalue weighted by atomic mass is 10.1. The monoisotopic (exact) mass is 373 g/mol. The molecular formula is C16H15N5O2S2. The number of aryl methyl sites for hydroxylation is 1. The van der Waals surface area contributed by atoms with Gasteiger partial charge in [0.1, 0.15) is 5.01 Å². The van der Waals surface area contributed by atoms with Crippen LogP contribution < -0.4 is 10.6 Å². The fourth-order valence-electron chi connectivity index (χ4n) is 2.07. The lowest BCUT2D eigenvalue weighted by Gasteiger charge is -2.01. The van der Waals surface area contributed by atoms with Crippen LogP contribution in [0, 0.1) is 6.92 Å². The molecule has 2 heterocycles. The number of aromatic nitrogens is 3. The predicted octanol–water partition coefficient (Wildman–Crippen LogP) is 2.67. The molecule has 3 aromatic rings. The second-order valence-corrected chi connectivity index (χ2v) is 7.25. The summed E-state index contributed by atoms with van der Waals surface area (Å²) in [5, 5.41) is 16.6. The summed E-state index contributed by atoms with van der Waals surface area (Å²) < 4.78 is 0. The molecule has 3 rings (SSSR count). The van der Waals surface area contributed by atoms with Gasteiger partial charge in [0.05, 0.1) is 18.5 Å². The summed E-state index contributed by atoms with van der Waals surface area (Å²) in [6.45, 7) is 1.82. The van der Waals surface area contributed by atoms with Gasteiger partial charge in [-0.2, -0.15) is 0 Å². The molecule has 0 fully saturated rings. The quantitative estimate of drug-likeness (QED) is 0.692. The lowest BCUT2D eigenvalue weighted by molar-refractivity contribution is -0.116. The summed E-state index contributed by atoms with van der Waals surface area (Å²) >= 11 is 2.60. The summed E-state index contributed by atoms with van der Waals surface area (Å²) in [5.41, 5.74) is 1.53. The van der Waals surface area contributed by atoms with Crippen molar-refractivity contribution in [1.29, 1.82) is 0 Å². The Morgan fingerprint density at radius 3 is 2.44 bits per heavy atom. The number of benzene rings is 1. The first-order valence-corrected chi connectivity index (χ1v) is 9.16. The highest BCUT2D eigenvalue weighted by molar-refractivity contribution is 7.15. The van der Waals surface area contributed by atoms with Crippen LogP contribution in [0.2, 0.25) is 0 Å². The number of nitrogens with zero attached hydrogens (tertiary/aromatic N) is 3. The van der Waals surface area contributed by atoms with E-state index in [0.717, 1.165) is 10.6 Å². The summed E-state index contributed by atoms with van der Waals surface area (Å²) in [6, 6.07) is 9.48. The van der Waals surface area contributed by atoms with Crippen LogP contribution in [0.15, 0.2) is 35.7 Å². The van der Waals surface area contributed by atoms with Gasteiger partial charge in [0, 0.05) is 5.38 Å². The van der Waals surface area contributed by atoms with Crippen LogP contribution in [0.25, 0.3) is 0 Å². The number of hydrogen-bond acceptors (Lipinski definition) is 7. The Morgan fingerprint density at radius 2 is 1.72 bits per heavy atom. The molecule has 2 N–H and O–H groups in total. The summed E-state index contributed by atoms with van der Waals surface area (Å²) in [6.07, 6.45) is 0.399. The van der Waals surface area contributed by atoms with Gasteiger partial charge in [0.15, 0.2) is 5.13 Å². The highest BCUT2D eigenvalue weighted by Gasteiger charge is 2.12. The molecule has 0 unspecified atom stereocenters. The van der Waals surface area contributed by atoms with Gasteiger partial charge in [-0.15, -0.1) is 21.5 Å². The second-order valence-electron chi connectivity index (χ2n) is 5.21. The summed E-state index contributed by atoms with van der Waals surface area (Å²) in [5.74, 6) is -0.357. The van der Waals surface area contributed by atoms with Crippen LogP contribution in [0.4, 0.5) is 10.3 Å². The fourth-order valence-corrected chi connectivity index (χ4v) is 3.40. The highest BCUT2D eigenvalue weighted by atomic mass is 32.1. The average molecular weight is 373 g/mol. The van der Waals surface area contributed by atoms with E-state index in [4.69, 9.17) is 0 Å². The molecule has 0 aliphatic carbocycles. The molecule has 0 atom stereocenters. The Labute approximate surface area is 152 Å². The Bertz CT molecular complexity index is 876. The van der Waals surface area contributed by atoms with Crippen LogP contribution in [0.3, 0.4) is 0 Å². The minimum atomic E-state index is -0.219. The molecule has 0 saturated heterocycles. The van der Waals surface area contributed by atoms with Gasteiger partial charge < -0.3 is 10.6 Å². The number of carbonyl (C=O) groups is 2. The van der Waals surface area contributed by atoms with Crippen molar-refractivity contribution in [2.24, 2.45) is 0 Å². The topological polar surface area (TPSA) is 96.9 Å². The van der Waals surface area contributed by atoms with E-state index in [1.165, 1.54) is 22.7 Å². The number of anilines is 2. The second kappa shape index (κ2) is 7.95. The molecule has 0 aliphatic rings. The van der Waals surface area contributed by atoms with Gasteiger partial charge in [0.25, 0.3) is 0 Å². The predicted molar refractivity (Wildman–Crippen MR) is 97.9 cm³/mol. The molecule has 7 nitrogen and oxygen atoms in total. The minimum Gasteiger partial charge on any atom is -0.302 e. The number of hydrogen-bond donors (Lipinski definition) is 2. The Hall–Kier alpha value is -2.65. The van der Waals surface area contributed by atoms with E-state index in [-0.39, 0.29) is 24.7 Å². The zero-order valence-electron chi connectivity index (χ0n) is 13.4. The van der Waals surface area contributed by atoms with Crippen molar-refractivity contribution in [2.75, 3.05) is 10.6 Å². The normalized spacial score (nSPS) is 10.4. The minimum absolute atomic E-state index is 0.115. The molecule has 0 radical (unpaired) electrons. The largest absolute Gasteiger partial charge is 0.302 e. The van der Waals surface area contributed by atoms with Gasteiger partial charge in [0.2, 0.25) is 16.9 Å². The molecule has 0 spiro atoms. The third-order valence-electron chi connectivity index (χ3n) is 3.12. The first-order valence-electron chi connectivity index (χ1n) is 7.46. The molecule has 128 valence electrons. The van der Waals surface area contributed by atoms with E-state index in [1.54, 1.807) is 5.38 Å². The van der Waals surface area contributed by atoms with Gasteiger partial charge in [-0.05, 0) is 12.5 Å². The smallest absolute Gasteiger partial charge is 0.232 e. The molecule has 0 saturated carbocycles. The zero-order chi connectivity index (χ0) is 17.6. The van der Waals surface area contributed by atoms with Gasteiger partial charge >= 0.3 is 0 Å². The van der Waals surface area contributed by atoms with E-state index >= 15 is 0 Å². The number of rotatable bonds is 6. The van der Waals surface area contributed by atoms with E-state index < -0.39 is 0 Å².